The second-order valence-electron chi connectivity index (χ2n) is 9.00. The van der Waals surface area contributed by atoms with Crippen LogP contribution in [0.4, 0.5) is 0 Å². The van der Waals surface area contributed by atoms with Crippen molar-refractivity contribution >= 4 is 23.5 Å². The van der Waals surface area contributed by atoms with Crippen LogP contribution in [0.3, 0.4) is 0 Å². The standard InChI is InChI=1S/C27H40N2O5S/c1-5-6-12-25(26(30)19-35-18-24-11-8-13-33-24)28-16-21(14-20(2)3)29-27(31)17-34-23-10-7-9-22(15-23)32-4/h7-11,13,15,20-21,25,28H,5-6,12,14,16-19H2,1-4H3,(H,29,31). The molecule has 2 aromatic rings. The number of methoxy groups -OCH3 is 1. The molecular weight excluding hydrogens is 464 g/mol. The van der Waals surface area contributed by atoms with Crippen LogP contribution < -0.4 is 20.1 Å². The molecule has 0 bridgehead atoms. The first kappa shape index (κ1) is 28.8. The number of nitrogens with one attached hydrogen (secondary N) is 2. The van der Waals surface area contributed by atoms with Crippen molar-refractivity contribution in [1.82, 2.24) is 10.6 Å². The monoisotopic (exact) mass is 504 g/mol. The maximum absolute atomic E-state index is 12.9. The third-order valence-corrected chi connectivity index (χ3v) is 6.42. The van der Waals surface area contributed by atoms with E-state index in [0.717, 1.165) is 31.4 Å². The Morgan fingerprint density at radius 2 is 1.94 bits per heavy atom. The quantitative estimate of drug-likeness (QED) is 0.300. The van der Waals surface area contributed by atoms with E-state index in [1.54, 1.807) is 37.3 Å². The van der Waals surface area contributed by atoms with Gasteiger partial charge >= 0.3 is 0 Å². The van der Waals surface area contributed by atoms with E-state index in [1.165, 1.54) is 0 Å². The van der Waals surface area contributed by atoms with Gasteiger partial charge in [0.25, 0.3) is 5.91 Å². The molecule has 0 spiro atoms. The summed E-state index contributed by atoms with van der Waals surface area (Å²) >= 11 is 1.57. The number of benzene rings is 1. The summed E-state index contributed by atoms with van der Waals surface area (Å²) in [6.45, 7) is 6.82. The van der Waals surface area contributed by atoms with Gasteiger partial charge in [0.15, 0.2) is 12.4 Å². The van der Waals surface area contributed by atoms with Gasteiger partial charge in [0.05, 0.1) is 30.9 Å². The number of hydrogen-bond donors (Lipinski definition) is 2. The molecule has 2 atom stereocenters. The fraction of sp³-hybridized carbons (Fsp3) is 0.556. The lowest BCUT2D eigenvalue weighted by Gasteiger charge is -2.25. The normalized spacial score (nSPS) is 12.8. The molecule has 1 aromatic heterocycles. The number of carbonyl (C=O) groups excluding carboxylic acids is 2. The molecule has 2 N–H and O–H groups in total. The predicted molar refractivity (Wildman–Crippen MR) is 141 cm³/mol. The van der Waals surface area contributed by atoms with E-state index >= 15 is 0 Å². The number of rotatable bonds is 18. The molecule has 1 heterocycles. The molecule has 1 amide bonds. The number of hydrogen-bond acceptors (Lipinski definition) is 7. The summed E-state index contributed by atoms with van der Waals surface area (Å²) in [5.74, 6) is 3.63. The van der Waals surface area contributed by atoms with E-state index in [-0.39, 0.29) is 30.4 Å². The molecule has 8 heteroatoms. The first-order valence-corrected chi connectivity index (χ1v) is 13.5. The largest absolute Gasteiger partial charge is 0.497 e. The summed E-state index contributed by atoms with van der Waals surface area (Å²) < 4.78 is 16.2. The maximum atomic E-state index is 12.9. The number of Topliss-reactive ketones (excluding diaryl/α,β-unsaturated/α-hetero) is 1. The van der Waals surface area contributed by atoms with Crippen LogP contribution in [-0.4, -0.2) is 49.8 Å². The Bertz CT molecular complexity index is 872. The van der Waals surface area contributed by atoms with Crippen LogP contribution in [0.5, 0.6) is 11.5 Å². The molecule has 35 heavy (non-hydrogen) atoms. The molecule has 0 radical (unpaired) electrons. The van der Waals surface area contributed by atoms with Crippen molar-refractivity contribution in [3.63, 3.8) is 0 Å². The van der Waals surface area contributed by atoms with Crippen molar-refractivity contribution in [3.05, 3.63) is 48.4 Å². The number of ether oxygens (including phenoxy) is 2. The Labute approximate surface area is 213 Å². The van der Waals surface area contributed by atoms with Gasteiger partial charge in [-0.25, -0.2) is 0 Å². The molecule has 194 valence electrons. The Kier molecular flexibility index (Phi) is 13.4. The molecule has 0 saturated heterocycles. The van der Waals surface area contributed by atoms with Gasteiger partial charge in [-0.3, -0.25) is 9.59 Å². The molecular formula is C27H40N2O5S. The second kappa shape index (κ2) is 16.3. The van der Waals surface area contributed by atoms with Crippen LogP contribution in [0.1, 0.15) is 52.2 Å². The van der Waals surface area contributed by atoms with Gasteiger partial charge in [-0.15, -0.1) is 11.8 Å². The summed E-state index contributed by atoms with van der Waals surface area (Å²) in [5.41, 5.74) is 0. The Balaban J connectivity index is 1.86. The van der Waals surface area contributed by atoms with Crippen LogP contribution in [0.15, 0.2) is 47.1 Å². The molecule has 7 nitrogen and oxygen atoms in total. The van der Waals surface area contributed by atoms with E-state index in [2.05, 4.69) is 31.4 Å². The van der Waals surface area contributed by atoms with Gasteiger partial charge in [0.2, 0.25) is 0 Å². The number of furan rings is 1. The predicted octanol–water partition coefficient (Wildman–Crippen LogP) is 4.85. The van der Waals surface area contributed by atoms with Gasteiger partial charge in [-0.05, 0) is 43.0 Å². The highest BCUT2D eigenvalue weighted by molar-refractivity contribution is 7.99. The summed E-state index contributed by atoms with van der Waals surface area (Å²) in [6.07, 6.45) is 5.24. The molecule has 2 rings (SSSR count). The van der Waals surface area contributed by atoms with Crippen molar-refractivity contribution in [2.45, 2.75) is 64.3 Å². The second-order valence-corrected chi connectivity index (χ2v) is 9.99. The topological polar surface area (TPSA) is 89.8 Å². The summed E-state index contributed by atoms with van der Waals surface area (Å²) in [4.78, 5) is 25.5. The minimum absolute atomic E-state index is 0.0800. The highest BCUT2D eigenvalue weighted by atomic mass is 32.2. The Morgan fingerprint density at radius 3 is 2.63 bits per heavy atom. The van der Waals surface area contributed by atoms with Gasteiger partial charge in [-0.1, -0.05) is 39.7 Å². The Morgan fingerprint density at radius 1 is 1.14 bits per heavy atom. The lowest BCUT2D eigenvalue weighted by atomic mass is 10.0. The molecule has 0 saturated carbocycles. The van der Waals surface area contributed by atoms with Gasteiger partial charge in [-0.2, -0.15) is 0 Å². The first-order chi connectivity index (χ1) is 16.9. The highest BCUT2D eigenvalue weighted by Crippen LogP contribution is 2.19. The van der Waals surface area contributed by atoms with Crippen molar-refractivity contribution in [2.24, 2.45) is 5.92 Å². The fourth-order valence-electron chi connectivity index (χ4n) is 3.69. The number of ketones is 1. The van der Waals surface area contributed by atoms with E-state index in [4.69, 9.17) is 13.9 Å². The van der Waals surface area contributed by atoms with E-state index < -0.39 is 0 Å². The van der Waals surface area contributed by atoms with E-state index in [0.29, 0.717) is 35.5 Å². The van der Waals surface area contributed by atoms with E-state index in [9.17, 15) is 9.59 Å². The third-order valence-electron chi connectivity index (χ3n) is 5.45. The lowest BCUT2D eigenvalue weighted by molar-refractivity contribution is -0.123. The van der Waals surface area contributed by atoms with Crippen molar-refractivity contribution in [3.8, 4) is 11.5 Å². The van der Waals surface area contributed by atoms with Gasteiger partial charge < -0.3 is 24.5 Å². The van der Waals surface area contributed by atoms with Crippen molar-refractivity contribution in [2.75, 3.05) is 26.0 Å². The average molecular weight is 505 g/mol. The van der Waals surface area contributed by atoms with Crippen molar-refractivity contribution in [1.29, 1.82) is 0 Å². The number of thioether (sulfide) groups is 1. The zero-order chi connectivity index (χ0) is 25.5. The molecule has 1 aromatic carbocycles. The average Bonchev–Trinajstić information content (AvgIpc) is 3.36. The van der Waals surface area contributed by atoms with Crippen LogP contribution >= 0.6 is 11.8 Å². The van der Waals surface area contributed by atoms with Crippen LogP contribution in [0.2, 0.25) is 0 Å². The highest BCUT2D eigenvalue weighted by Gasteiger charge is 2.21. The van der Waals surface area contributed by atoms with Crippen LogP contribution in [0, 0.1) is 5.92 Å². The zero-order valence-electron chi connectivity index (χ0n) is 21.4. The molecule has 0 aliphatic heterocycles. The van der Waals surface area contributed by atoms with Gasteiger partial charge in [0.1, 0.15) is 17.3 Å². The summed E-state index contributed by atoms with van der Waals surface area (Å²) in [5, 5.41) is 6.51. The zero-order valence-corrected chi connectivity index (χ0v) is 22.2. The smallest absolute Gasteiger partial charge is 0.258 e. The Hall–Kier alpha value is -2.45. The molecule has 2 unspecified atom stereocenters. The minimum Gasteiger partial charge on any atom is -0.497 e. The number of carbonyl (C=O) groups is 2. The first-order valence-electron chi connectivity index (χ1n) is 12.3. The molecule has 0 aliphatic rings. The fourth-order valence-corrected chi connectivity index (χ4v) is 4.56. The van der Waals surface area contributed by atoms with Crippen molar-refractivity contribution < 1.29 is 23.5 Å². The molecule has 0 aliphatic carbocycles. The van der Waals surface area contributed by atoms with Crippen LogP contribution in [0.25, 0.3) is 0 Å². The SMILES string of the molecule is CCCCC(NCC(CC(C)C)NC(=O)COc1cccc(OC)c1)C(=O)CSCc1ccco1. The van der Waals surface area contributed by atoms with Gasteiger partial charge in [0, 0.05) is 18.7 Å². The number of unbranched alkanes of at least 4 members (excludes halogenated alkanes) is 1. The summed E-state index contributed by atoms with van der Waals surface area (Å²) in [7, 11) is 1.59. The number of amides is 1. The minimum atomic E-state index is -0.223. The lowest BCUT2D eigenvalue weighted by Crippen LogP contribution is -2.49. The molecule has 0 fully saturated rings. The van der Waals surface area contributed by atoms with E-state index in [1.807, 2.05) is 24.3 Å². The maximum Gasteiger partial charge on any atom is 0.258 e. The summed E-state index contributed by atoms with van der Waals surface area (Å²) in [6, 6.07) is 10.6. The third kappa shape index (κ3) is 11.7. The van der Waals surface area contributed by atoms with Crippen LogP contribution in [-0.2, 0) is 15.3 Å².